The van der Waals surface area contributed by atoms with E-state index < -0.39 is 29.2 Å². The third-order valence-electron chi connectivity index (χ3n) is 3.07. The zero-order valence-electron chi connectivity index (χ0n) is 11.8. The Balaban J connectivity index is 2.88. The summed E-state index contributed by atoms with van der Waals surface area (Å²) in [5.74, 6) is -2.19. The van der Waals surface area contributed by atoms with Crippen LogP contribution in [0.3, 0.4) is 0 Å². The molecule has 1 atom stereocenters. The number of hydrogen-bond acceptors (Lipinski definition) is 2. The van der Waals surface area contributed by atoms with E-state index in [2.05, 4.69) is 5.32 Å². The van der Waals surface area contributed by atoms with Crippen LogP contribution in [0.25, 0.3) is 0 Å². The summed E-state index contributed by atoms with van der Waals surface area (Å²) in [7, 11) is 0. The van der Waals surface area contributed by atoms with E-state index in [1.54, 1.807) is 6.92 Å². The van der Waals surface area contributed by atoms with Crippen LogP contribution in [0.1, 0.15) is 38.8 Å². The number of carbonyl (C=O) groups excluding carboxylic acids is 1. The van der Waals surface area contributed by atoms with Crippen LogP contribution in [0.5, 0.6) is 0 Å². The number of aliphatic carboxylic acids is 1. The summed E-state index contributed by atoms with van der Waals surface area (Å²) in [6.45, 7) is 4.49. The molecule has 2 N–H and O–H groups in total. The number of carboxylic acids is 1. The third kappa shape index (κ3) is 4.32. The van der Waals surface area contributed by atoms with Crippen LogP contribution in [0.4, 0.5) is 4.39 Å². The average molecular weight is 336 g/mol. The Morgan fingerprint density at radius 3 is 2.48 bits per heavy atom. The van der Waals surface area contributed by atoms with Gasteiger partial charge in [0.1, 0.15) is 5.82 Å². The summed E-state index contributed by atoms with van der Waals surface area (Å²) >= 11 is 11.8. The first-order valence-electron chi connectivity index (χ1n) is 6.22. The van der Waals surface area contributed by atoms with Crippen LogP contribution >= 0.6 is 23.2 Å². The normalized spacial score (nSPS) is 12.9. The van der Waals surface area contributed by atoms with E-state index >= 15 is 0 Å². The lowest BCUT2D eigenvalue weighted by Crippen LogP contribution is -2.34. The molecule has 0 aromatic heterocycles. The third-order valence-corrected chi connectivity index (χ3v) is 3.79. The molecule has 0 aliphatic heterocycles. The molecular weight excluding hydrogens is 320 g/mol. The summed E-state index contributed by atoms with van der Waals surface area (Å²) in [6.07, 6.45) is -0.211. The molecule has 116 valence electrons. The molecule has 1 unspecified atom stereocenters. The summed E-state index contributed by atoms with van der Waals surface area (Å²) in [4.78, 5) is 22.9. The Labute approximate surface area is 132 Å². The van der Waals surface area contributed by atoms with Gasteiger partial charge in [-0.1, -0.05) is 23.2 Å². The maximum atomic E-state index is 13.5. The van der Waals surface area contributed by atoms with Gasteiger partial charge in [-0.25, -0.2) is 4.39 Å². The summed E-state index contributed by atoms with van der Waals surface area (Å²) in [5, 5.41) is 11.6. The van der Waals surface area contributed by atoms with E-state index in [9.17, 15) is 14.0 Å². The standard InChI is InChI=1S/C14H16Cl2FNO3/c1-7(11-8(15)4-5-9(17)12(11)16)18-10(19)6-14(2,3)13(20)21/h4-5,7H,6H2,1-3H3,(H,18,19)(H,20,21). The SMILES string of the molecule is CC(NC(=O)CC(C)(C)C(=O)O)c1c(Cl)ccc(F)c1Cl. The molecule has 1 rings (SSSR count). The van der Waals surface area contributed by atoms with Gasteiger partial charge in [0.05, 0.1) is 16.5 Å². The molecule has 0 bridgehead atoms. The lowest BCUT2D eigenvalue weighted by atomic mass is 9.89. The predicted octanol–water partition coefficient (Wildman–Crippen LogP) is 3.81. The van der Waals surface area contributed by atoms with Gasteiger partial charge in [0.15, 0.2) is 0 Å². The van der Waals surface area contributed by atoms with E-state index in [1.807, 2.05) is 0 Å². The minimum atomic E-state index is -1.20. The van der Waals surface area contributed by atoms with Crippen LogP contribution in [0.15, 0.2) is 12.1 Å². The Hall–Kier alpha value is -1.33. The van der Waals surface area contributed by atoms with Crippen molar-refractivity contribution >= 4 is 35.1 Å². The number of hydrogen-bond donors (Lipinski definition) is 2. The molecule has 1 amide bonds. The van der Waals surface area contributed by atoms with Gasteiger partial charge in [-0.05, 0) is 32.9 Å². The van der Waals surface area contributed by atoms with E-state index in [0.29, 0.717) is 0 Å². The van der Waals surface area contributed by atoms with E-state index in [0.717, 1.165) is 6.07 Å². The van der Waals surface area contributed by atoms with Crippen molar-refractivity contribution in [3.63, 3.8) is 0 Å². The highest BCUT2D eigenvalue weighted by molar-refractivity contribution is 6.36. The fourth-order valence-electron chi connectivity index (χ4n) is 1.78. The highest BCUT2D eigenvalue weighted by Gasteiger charge is 2.31. The molecule has 0 heterocycles. The molecule has 0 saturated carbocycles. The quantitative estimate of drug-likeness (QED) is 0.804. The highest BCUT2D eigenvalue weighted by Crippen LogP contribution is 2.32. The molecule has 21 heavy (non-hydrogen) atoms. The first kappa shape index (κ1) is 17.7. The van der Waals surface area contributed by atoms with Crippen molar-refractivity contribution in [3.8, 4) is 0 Å². The van der Waals surface area contributed by atoms with Crippen LogP contribution in [0, 0.1) is 11.2 Å². The number of amides is 1. The first-order chi connectivity index (χ1) is 9.56. The number of carboxylic acid groups (broad SMARTS) is 1. The van der Waals surface area contributed by atoms with E-state index in [-0.39, 0.29) is 22.0 Å². The molecule has 7 heteroatoms. The molecule has 0 radical (unpaired) electrons. The molecule has 4 nitrogen and oxygen atoms in total. The number of halogens is 3. The molecule has 0 aliphatic carbocycles. The maximum absolute atomic E-state index is 13.5. The topological polar surface area (TPSA) is 66.4 Å². The van der Waals surface area contributed by atoms with Crippen LogP contribution in [-0.2, 0) is 9.59 Å². The van der Waals surface area contributed by atoms with Crippen LogP contribution < -0.4 is 5.32 Å². The zero-order valence-corrected chi connectivity index (χ0v) is 13.3. The fraction of sp³-hybridized carbons (Fsp3) is 0.429. The number of rotatable bonds is 5. The van der Waals surface area contributed by atoms with Gasteiger partial charge in [0.2, 0.25) is 5.91 Å². The first-order valence-corrected chi connectivity index (χ1v) is 6.98. The highest BCUT2D eigenvalue weighted by atomic mass is 35.5. The second-order valence-electron chi connectivity index (χ2n) is 5.41. The van der Waals surface area contributed by atoms with Gasteiger partial charge < -0.3 is 10.4 Å². The molecule has 0 spiro atoms. The average Bonchev–Trinajstić information content (AvgIpc) is 2.33. The Morgan fingerprint density at radius 2 is 1.95 bits per heavy atom. The molecule has 1 aromatic carbocycles. The van der Waals surface area contributed by atoms with Crippen molar-refractivity contribution in [2.24, 2.45) is 5.41 Å². The second-order valence-corrected chi connectivity index (χ2v) is 6.20. The van der Waals surface area contributed by atoms with Crippen molar-refractivity contribution in [2.45, 2.75) is 33.2 Å². The van der Waals surface area contributed by atoms with Crippen molar-refractivity contribution < 1.29 is 19.1 Å². The van der Waals surface area contributed by atoms with Crippen molar-refractivity contribution in [1.29, 1.82) is 0 Å². The molecule has 0 aliphatic rings. The monoisotopic (exact) mass is 335 g/mol. The van der Waals surface area contributed by atoms with Gasteiger partial charge >= 0.3 is 5.97 Å². The number of carbonyl (C=O) groups is 2. The minimum Gasteiger partial charge on any atom is -0.481 e. The maximum Gasteiger partial charge on any atom is 0.309 e. The number of benzene rings is 1. The summed E-state index contributed by atoms with van der Waals surface area (Å²) in [5.41, 5.74) is -0.931. The smallest absolute Gasteiger partial charge is 0.309 e. The van der Waals surface area contributed by atoms with Crippen molar-refractivity contribution in [2.75, 3.05) is 0 Å². The summed E-state index contributed by atoms with van der Waals surface area (Å²) < 4.78 is 13.5. The van der Waals surface area contributed by atoms with Gasteiger partial charge in [-0.3, -0.25) is 9.59 Å². The van der Waals surface area contributed by atoms with Gasteiger partial charge in [-0.15, -0.1) is 0 Å². The minimum absolute atomic E-state index is 0.159. The Bertz CT molecular complexity index is 576. The predicted molar refractivity (Wildman–Crippen MR) is 79.0 cm³/mol. The molecule has 0 fully saturated rings. The van der Waals surface area contributed by atoms with Gasteiger partial charge in [0.25, 0.3) is 0 Å². The lowest BCUT2D eigenvalue weighted by molar-refractivity contribution is -0.149. The zero-order chi connectivity index (χ0) is 16.4. The van der Waals surface area contributed by atoms with Crippen LogP contribution in [0.2, 0.25) is 10.0 Å². The Morgan fingerprint density at radius 1 is 1.38 bits per heavy atom. The van der Waals surface area contributed by atoms with E-state index in [1.165, 1.54) is 19.9 Å². The molecular formula is C14H16Cl2FNO3. The lowest BCUT2D eigenvalue weighted by Gasteiger charge is -2.22. The van der Waals surface area contributed by atoms with E-state index in [4.69, 9.17) is 28.3 Å². The largest absolute Gasteiger partial charge is 0.481 e. The molecule has 0 saturated heterocycles. The second kappa shape index (κ2) is 6.62. The van der Waals surface area contributed by atoms with Gasteiger partial charge in [0, 0.05) is 17.0 Å². The fourth-order valence-corrected chi connectivity index (χ4v) is 2.48. The molecule has 1 aromatic rings. The van der Waals surface area contributed by atoms with Crippen molar-refractivity contribution in [1.82, 2.24) is 5.32 Å². The van der Waals surface area contributed by atoms with Crippen LogP contribution in [-0.4, -0.2) is 17.0 Å². The number of nitrogens with one attached hydrogen (secondary N) is 1. The Kier molecular flexibility index (Phi) is 5.59. The summed E-state index contributed by atoms with van der Waals surface area (Å²) in [6, 6.07) is 1.84. The van der Waals surface area contributed by atoms with Gasteiger partial charge in [-0.2, -0.15) is 0 Å². The van der Waals surface area contributed by atoms with Crippen molar-refractivity contribution in [3.05, 3.63) is 33.6 Å².